The van der Waals surface area contributed by atoms with Gasteiger partial charge in [0.1, 0.15) is 0 Å². The molecular weight excluding hydrogens is 394 g/mol. The minimum atomic E-state index is -0.217. The van der Waals surface area contributed by atoms with Crippen molar-refractivity contribution in [3.8, 4) is 0 Å². The zero-order valence-electron chi connectivity index (χ0n) is 15.5. The van der Waals surface area contributed by atoms with Crippen molar-refractivity contribution in [2.45, 2.75) is 26.9 Å². The van der Waals surface area contributed by atoms with Gasteiger partial charge in [0.25, 0.3) is 5.91 Å². The fraction of sp³-hybridized carbons (Fsp3) is 0.200. The SMILES string of the molecule is CCn1ccc(C(=O)N(Cc2ccccn2)c2nc3c(C)ccc(Cl)c3s2)n1. The number of benzene rings is 1. The van der Waals surface area contributed by atoms with E-state index >= 15 is 0 Å². The Bertz CT molecular complexity index is 1100. The molecule has 0 N–H and O–H groups in total. The zero-order valence-corrected chi connectivity index (χ0v) is 17.0. The molecule has 0 spiro atoms. The third-order valence-electron chi connectivity index (χ3n) is 4.39. The van der Waals surface area contributed by atoms with Gasteiger partial charge in [-0.1, -0.05) is 35.1 Å². The summed E-state index contributed by atoms with van der Waals surface area (Å²) >= 11 is 7.77. The van der Waals surface area contributed by atoms with Crippen LogP contribution >= 0.6 is 22.9 Å². The number of anilines is 1. The van der Waals surface area contributed by atoms with Gasteiger partial charge in [-0.05, 0) is 43.7 Å². The minimum Gasteiger partial charge on any atom is -0.276 e. The van der Waals surface area contributed by atoms with E-state index in [0.717, 1.165) is 21.5 Å². The lowest BCUT2D eigenvalue weighted by atomic mass is 10.2. The van der Waals surface area contributed by atoms with Crippen molar-refractivity contribution in [2.75, 3.05) is 4.90 Å². The van der Waals surface area contributed by atoms with E-state index in [1.54, 1.807) is 28.0 Å². The van der Waals surface area contributed by atoms with Gasteiger partial charge in [0.15, 0.2) is 10.8 Å². The summed E-state index contributed by atoms with van der Waals surface area (Å²) in [4.78, 5) is 24.0. The summed E-state index contributed by atoms with van der Waals surface area (Å²) in [6.07, 6.45) is 3.51. The fourth-order valence-corrected chi connectivity index (χ4v) is 4.19. The molecule has 0 fully saturated rings. The van der Waals surface area contributed by atoms with E-state index in [1.807, 2.05) is 44.2 Å². The molecule has 3 heterocycles. The number of aryl methyl sites for hydroxylation is 2. The molecule has 1 aromatic carbocycles. The summed E-state index contributed by atoms with van der Waals surface area (Å²) in [6, 6.07) is 11.1. The van der Waals surface area contributed by atoms with Crippen LogP contribution in [0.15, 0.2) is 48.8 Å². The maximum atomic E-state index is 13.3. The topological polar surface area (TPSA) is 63.9 Å². The fourth-order valence-electron chi connectivity index (χ4n) is 2.88. The lowest BCUT2D eigenvalue weighted by molar-refractivity contribution is 0.0979. The van der Waals surface area contributed by atoms with Gasteiger partial charge < -0.3 is 0 Å². The first-order valence-electron chi connectivity index (χ1n) is 8.87. The average molecular weight is 412 g/mol. The maximum Gasteiger partial charge on any atom is 0.280 e. The minimum absolute atomic E-state index is 0.217. The second-order valence-electron chi connectivity index (χ2n) is 6.31. The van der Waals surface area contributed by atoms with E-state index in [2.05, 4.69) is 10.1 Å². The summed E-state index contributed by atoms with van der Waals surface area (Å²) in [5.74, 6) is -0.217. The number of thiazole rings is 1. The van der Waals surface area contributed by atoms with Crippen molar-refractivity contribution >= 4 is 44.2 Å². The molecule has 0 unspecified atom stereocenters. The van der Waals surface area contributed by atoms with Gasteiger partial charge in [0.2, 0.25) is 0 Å². The number of fused-ring (bicyclic) bond motifs is 1. The molecule has 0 saturated heterocycles. The number of halogens is 1. The first-order chi connectivity index (χ1) is 13.6. The normalized spacial score (nSPS) is 11.1. The summed E-state index contributed by atoms with van der Waals surface area (Å²) in [7, 11) is 0. The predicted molar refractivity (Wildman–Crippen MR) is 112 cm³/mol. The number of hydrogen-bond acceptors (Lipinski definition) is 5. The van der Waals surface area contributed by atoms with E-state index in [0.29, 0.717) is 28.9 Å². The van der Waals surface area contributed by atoms with Gasteiger partial charge in [0.05, 0.1) is 27.5 Å². The van der Waals surface area contributed by atoms with Gasteiger partial charge in [-0.15, -0.1) is 0 Å². The molecule has 4 aromatic rings. The molecule has 0 aliphatic heterocycles. The number of carbonyl (C=O) groups is 1. The van der Waals surface area contributed by atoms with Crippen molar-refractivity contribution in [3.05, 3.63) is 70.8 Å². The molecule has 142 valence electrons. The first-order valence-corrected chi connectivity index (χ1v) is 10.1. The zero-order chi connectivity index (χ0) is 19.7. The van der Waals surface area contributed by atoms with Crippen LogP contribution in [0.1, 0.15) is 28.7 Å². The second kappa shape index (κ2) is 7.69. The van der Waals surface area contributed by atoms with Crippen molar-refractivity contribution in [1.29, 1.82) is 0 Å². The maximum absolute atomic E-state index is 13.3. The van der Waals surface area contributed by atoms with Crippen molar-refractivity contribution < 1.29 is 4.79 Å². The van der Waals surface area contributed by atoms with Crippen LogP contribution in [0.25, 0.3) is 10.2 Å². The Balaban J connectivity index is 1.79. The van der Waals surface area contributed by atoms with Crippen LogP contribution in [0.2, 0.25) is 5.02 Å². The van der Waals surface area contributed by atoms with E-state index in [9.17, 15) is 4.79 Å². The lowest BCUT2D eigenvalue weighted by Gasteiger charge is -2.18. The average Bonchev–Trinajstić information content (AvgIpc) is 3.37. The van der Waals surface area contributed by atoms with Crippen molar-refractivity contribution in [2.24, 2.45) is 0 Å². The van der Waals surface area contributed by atoms with E-state index in [-0.39, 0.29) is 5.91 Å². The number of pyridine rings is 1. The lowest BCUT2D eigenvalue weighted by Crippen LogP contribution is -2.31. The molecule has 0 aliphatic carbocycles. The number of amides is 1. The Hall–Kier alpha value is -2.77. The summed E-state index contributed by atoms with van der Waals surface area (Å²) in [5, 5.41) is 5.57. The van der Waals surface area contributed by atoms with Gasteiger partial charge >= 0.3 is 0 Å². The smallest absolute Gasteiger partial charge is 0.276 e. The highest BCUT2D eigenvalue weighted by molar-refractivity contribution is 7.23. The van der Waals surface area contributed by atoms with Gasteiger partial charge in [-0.2, -0.15) is 5.10 Å². The Morgan fingerprint density at radius 3 is 2.79 bits per heavy atom. The molecule has 0 radical (unpaired) electrons. The Labute approximate surface area is 171 Å². The summed E-state index contributed by atoms with van der Waals surface area (Å²) in [5.41, 5.74) is 2.97. The van der Waals surface area contributed by atoms with Crippen molar-refractivity contribution in [1.82, 2.24) is 19.7 Å². The summed E-state index contributed by atoms with van der Waals surface area (Å²) < 4.78 is 2.60. The molecule has 0 atom stereocenters. The number of aromatic nitrogens is 4. The van der Waals surface area contributed by atoms with Crippen LogP contribution < -0.4 is 4.90 Å². The standard InChI is InChI=1S/C20H18ClN5OS/c1-3-25-11-9-16(24-25)19(27)26(12-14-6-4-5-10-22-14)20-23-17-13(2)7-8-15(21)18(17)28-20/h4-11H,3,12H2,1-2H3. The number of hydrogen-bond donors (Lipinski definition) is 0. The van der Waals surface area contributed by atoms with Gasteiger partial charge in [0, 0.05) is 18.9 Å². The molecular formula is C20H18ClN5OS. The molecule has 0 saturated carbocycles. The van der Waals surface area contributed by atoms with Crippen LogP contribution in [0, 0.1) is 6.92 Å². The number of carbonyl (C=O) groups excluding carboxylic acids is 1. The molecule has 6 nitrogen and oxygen atoms in total. The third kappa shape index (κ3) is 3.50. The van der Waals surface area contributed by atoms with Crippen LogP contribution in [0.4, 0.5) is 5.13 Å². The van der Waals surface area contributed by atoms with Crippen molar-refractivity contribution in [3.63, 3.8) is 0 Å². The predicted octanol–water partition coefficient (Wildman–Crippen LogP) is 4.72. The molecule has 0 aliphatic rings. The highest BCUT2D eigenvalue weighted by Crippen LogP contribution is 2.36. The van der Waals surface area contributed by atoms with Gasteiger partial charge in [-0.3, -0.25) is 19.4 Å². The number of nitrogens with zero attached hydrogens (tertiary/aromatic N) is 5. The third-order valence-corrected chi connectivity index (χ3v) is 5.93. The van der Waals surface area contributed by atoms with E-state index < -0.39 is 0 Å². The first kappa shape index (κ1) is 18.6. The highest BCUT2D eigenvalue weighted by atomic mass is 35.5. The Morgan fingerprint density at radius 2 is 2.11 bits per heavy atom. The van der Waals surface area contributed by atoms with E-state index in [4.69, 9.17) is 16.6 Å². The highest BCUT2D eigenvalue weighted by Gasteiger charge is 2.25. The Kier molecular flexibility index (Phi) is 5.11. The quantitative estimate of drug-likeness (QED) is 0.476. The largest absolute Gasteiger partial charge is 0.280 e. The Morgan fingerprint density at radius 1 is 1.25 bits per heavy atom. The van der Waals surface area contributed by atoms with Crippen LogP contribution in [-0.4, -0.2) is 25.7 Å². The molecule has 8 heteroatoms. The van der Waals surface area contributed by atoms with Crippen LogP contribution in [0.3, 0.4) is 0 Å². The van der Waals surface area contributed by atoms with Crippen LogP contribution in [-0.2, 0) is 13.1 Å². The van der Waals surface area contributed by atoms with E-state index in [1.165, 1.54) is 11.3 Å². The summed E-state index contributed by atoms with van der Waals surface area (Å²) in [6.45, 7) is 4.96. The monoisotopic (exact) mass is 411 g/mol. The second-order valence-corrected chi connectivity index (χ2v) is 7.69. The molecule has 3 aromatic heterocycles. The molecule has 4 rings (SSSR count). The molecule has 28 heavy (non-hydrogen) atoms. The molecule has 1 amide bonds. The van der Waals surface area contributed by atoms with Gasteiger partial charge in [-0.25, -0.2) is 4.98 Å². The number of rotatable bonds is 5. The van der Waals surface area contributed by atoms with Crippen LogP contribution in [0.5, 0.6) is 0 Å². The molecule has 0 bridgehead atoms.